The highest BCUT2D eigenvalue weighted by atomic mass is 35.5. The minimum Gasteiger partial charge on any atom is -0.377 e. The molecule has 0 atom stereocenters. The summed E-state index contributed by atoms with van der Waals surface area (Å²) in [5, 5.41) is 0. The van der Waals surface area contributed by atoms with E-state index in [9.17, 15) is 9.18 Å². The van der Waals surface area contributed by atoms with Crippen LogP contribution in [0.2, 0.25) is 0 Å². The molecule has 20 heavy (non-hydrogen) atoms. The zero-order valence-electron chi connectivity index (χ0n) is 11.6. The Labute approximate surface area is 123 Å². The lowest BCUT2D eigenvalue weighted by atomic mass is 10.1. The van der Waals surface area contributed by atoms with Crippen molar-refractivity contribution in [3.8, 4) is 0 Å². The van der Waals surface area contributed by atoms with E-state index in [4.69, 9.17) is 16.3 Å². The smallest absolute Gasteiger partial charge is 0.253 e. The first-order valence-corrected chi connectivity index (χ1v) is 7.38. The largest absolute Gasteiger partial charge is 0.377 e. The summed E-state index contributed by atoms with van der Waals surface area (Å²) >= 11 is 5.59. The molecule has 3 nitrogen and oxygen atoms in total. The van der Waals surface area contributed by atoms with E-state index in [1.165, 1.54) is 6.07 Å². The number of hydrogen-bond donors (Lipinski definition) is 0. The second-order valence-corrected chi connectivity index (χ2v) is 5.39. The maximum Gasteiger partial charge on any atom is 0.253 e. The molecule has 110 valence electrons. The number of aryl methyl sites for hydroxylation is 1. The summed E-state index contributed by atoms with van der Waals surface area (Å²) < 4.78 is 18.8. The molecule has 1 aliphatic heterocycles. The van der Waals surface area contributed by atoms with Gasteiger partial charge in [-0.1, -0.05) is 0 Å². The maximum atomic E-state index is 13.2. The Bertz CT molecular complexity index is 473. The number of rotatable bonds is 4. The molecular weight excluding hydrogens is 281 g/mol. The minimum absolute atomic E-state index is 0.0381. The molecule has 0 spiro atoms. The van der Waals surface area contributed by atoms with E-state index in [2.05, 4.69) is 0 Å². The fourth-order valence-corrected chi connectivity index (χ4v) is 2.49. The number of nitrogens with zero attached hydrogens (tertiary/aromatic N) is 1. The van der Waals surface area contributed by atoms with Crippen LogP contribution in [-0.2, 0) is 4.74 Å². The summed E-state index contributed by atoms with van der Waals surface area (Å²) in [5.74, 6) is 0.173. The lowest BCUT2D eigenvalue weighted by molar-refractivity contribution is 0.0154. The van der Waals surface area contributed by atoms with Gasteiger partial charge in [-0.3, -0.25) is 4.79 Å². The van der Waals surface area contributed by atoms with Crippen LogP contribution in [-0.4, -0.2) is 42.5 Å². The molecule has 0 aliphatic carbocycles. The second-order valence-electron chi connectivity index (χ2n) is 5.02. The first kappa shape index (κ1) is 15.3. The van der Waals surface area contributed by atoms with Crippen LogP contribution in [0.25, 0.3) is 0 Å². The predicted octanol–water partition coefficient (Wildman–Crippen LogP) is 2.99. The monoisotopic (exact) mass is 299 g/mol. The maximum absolute atomic E-state index is 13.2. The highest BCUT2D eigenvalue weighted by molar-refractivity contribution is 6.17. The van der Waals surface area contributed by atoms with E-state index in [0.717, 1.165) is 12.8 Å². The van der Waals surface area contributed by atoms with Crippen molar-refractivity contribution in [2.45, 2.75) is 25.9 Å². The minimum atomic E-state index is -0.283. The number of alkyl halides is 1. The molecule has 1 amide bonds. The van der Waals surface area contributed by atoms with Gasteiger partial charge in [-0.15, -0.1) is 11.6 Å². The Morgan fingerprint density at radius 3 is 2.75 bits per heavy atom. The molecule has 1 saturated heterocycles. The molecule has 0 aromatic heterocycles. The van der Waals surface area contributed by atoms with Crippen LogP contribution in [0.1, 0.15) is 28.8 Å². The Morgan fingerprint density at radius 1 is 1.45 bits per heavy atom. The summed E-state index contributed by atoms with van der Waals surface area (Å²) in [6, 6.07) is 4.49. The predicted molar refractivity (Wildman–Crippen MR) is 76.7 cm³/mol. The molecule has 0 saturated carbocycles. The number of piperidine rings is 1. The first-order chi connectivity index (χ1) is 9.61. The van der Waals surface area contributed by atoms with E-state index in [1.54, 1.807) is 24.0 Å². The van der Waals surface area contributed by atoms with Crippen LogP contribution in [0.15, 0.2) is 18.2 Å². The summed E-state index contributed by atoms with van der Waals surface area (Å²) in [4.78, 5) is 14.1. The van der Waals surface area contributed by atoms with Crippen LogP contribution >= 0.6 is 11.6 Å². The Morgan fingerprint density at radius 2 is 2.15 bits per heavy atom. The number of halogens is 2. The van der Waals surface area contributed by atoms with Crippen molar-refractivity contribution in [2.24, 2.45) is 0 Å². The number of likely N-dealkylation sites (tertiary alicyclic amines) is 1. The third kappa shape index (κ3) is 3.70. The van der Waals surface area contributed by atoms with Gasteiger partial charge in [-0.25, -0.2) is 4.39 Å². The summed E-state index contributed by atoms with van der Waals surface area (Å²) in [5.41, 5.74) is 1.04. The third-order valence-corrected chi connectivity index (χ3v) is 3.72. The number of amides is 1. The van der Waals surface area contributed by atoms with E-state index in [-0.39, 0.29) is 17.8 Å². The van der Waals surface area contributed by atoms with Crippen molar-refractivity contribution in [3.05, 3.63) is 35.1 Å². The highest BCUT2D eigenvalue weighted by Crippen LogP contribution is 2.17. The molecule has 0 unspecified atom stereocenters. The zero-order valence-corrected chi connectivity index (χ0v) is 12.3. The average Bonchev–Trinajstić information content (AvgIpc) is 2.48. The number of carbonyl (C=O) groups is 1. The van der Waals surface area contributed by atoms with E-state index in [0.29, 0.717) is 36.7 Å². The van der Waals surface area contributed by atoms with Crippen molar-refractivity contribution in [1.29, 1.82) is 0 Å². The quantitative estimate of drug-likeness (QED) is 0.800. The first-order valence-electron chi connectivity index (χ1n) is 6.85. The van der Waals surface area contributed by atoms with Gasteiger partial charge in [0, 0.05) is 24.5 Å². The summed E-state index contributed by atoms with van der Waals surface area (Å²) in [6.07, 6.45) is 1.83. The number of ether oxygens (including phenoxy) is 1. The van der Waals surface area contributed by atoms with Crippen molar-refractivity contribution < 1.29 is 13.9 Å². The van der Waals surface area contributed by atoms with Gasteiger partial charge < -0.3 is 9.64 Å². The zero-order chi connectivity index (χ0) is 14.5. The molecule has 1 aliphatic rings. The third-order valence-electron chi connectivity index (χ3n) is 3.56. The average molecular weight is 300 g/mol. The van der Waals surface area contributed by atoms with Crippen molar-refractivity contribution in [2.75, 3.05) is 25.6 Å². The standard InChI is InChI=1S/C15H19ClFNO2/c1-11-10-12(2-3-14(11)17)15(19)18-7-4-13(5-8-18)20-9-6-16/h2-3,10,13H,4-9H2,1H3. The van der Waals surface area contributed by atoms with Gasteiger partial charge in [0.05, 0.1) is 12.7 Å². The molecule has 1 aromatic rings. The van der Waals surface area contributed by atoms with Crippen molar-refractivity contribution in [1.82, 2.24) is 4.90 Å². The van der Waals surface area contributed by atoms with Crippen LogP contribution in [0.5, 0.6) is 0 Å². The molecule has 2 rings (SSSR count). The molecule has 0 bridgehead atoms. The van der Waals surface area contributed by atoms with Gasteiger partial charge in [0.15, 0.2) is 0 Å². The number of benzene rings is 1. The molecule has 0 radical (unpaired) electrons. The Hall–Kier alpha value is -1.13. The van der Waals surface area contributed by atoms with Crippen LogP contribution < -0.4 is 0 Å². The molecule has 0 N–H and O–H groups in total. The fraction of sp³-hybridized carbons (Fsp3) is 0.533. The molecule has 1 heterocycles. The van der Waals surface area contributed by atoms with Crippen molar-refractivity contribution in [3.63, 3.8) is 0 Å². The highest BCUT2D eigenvalue weighted by Gasteiger charge is 2.24. The number of hydrogen-bond acceptors (Lipinski definition) is 2. The normalized spacial score (nSPS) is 16.4. The van der Waals surface area contributed by atoms with E-state index in [1.807, 2.05) is 0 Å². The fourth-order valence-electron chi connectivity index (χ4n) is 2.40. The van der Waals surface area contributed by atoms with Crippen molar-refractivity contribution >= 4 is 17.5 Å². The van der Waals surface area contributed by atoms with Gasteiger partial charge in [-0.2, -0.15) is 0 Å². The van der Waals surface area contributed by atoms with Gasteiger partial charge in [0.2, 0.25) is 0 Å². The summed E-state index contributed by atoms with van der Waals surface area (Å²) in [6.45, 7) is 3.56. The molecule has 1 fully saturated rings. The van der Waals surface area contributed by atoms with Crippen LogP contribution in [0, 0.1) is 12.7 Å². The van der Waals surface area contributed by atoms with Gasteiger partial charge in [0.25, 0.3) is 5.91 Å². The van der Waals surface area contributed by atoms with E-state index < -0.39 is 0 Å². The van der Waals surface area contributed by atoms with Gasteiger partial charge >= 0.3 is 0 Å². The summed E-state index contributed by atoms with van der Waals surface area (Å²) in [7, 11) is 0. The molecule has 5 heteroatoms. The molecule has 1 aromatic carbocycles. The Kier molecular flexibility index (Phi) is 5.38. The number of carbonyl (C=O) groups excluding carboxylic acids is 1. The van der Waals surface area contributed by atoms with Crippen LogP contribution in [0.4, 0.5) is 4.39 Å². The molecular formula is C15H19ClFNO2. The van der Waals surface area contributed by atoms with Gasteiger partial charge in [0.1, 0.15) is 5.82 Å². The van der Waals surface area contributed by atoms with Crippen LogP contribution in [0.3, 0.4) is 0 Å². The lowest BCUT2D eigenvalue weighted by Gasteiger charge is -2.32. The lowest BCUT2D eigenvalue weighted by Crippen LogP contribution is -2.41. The Balaban J connectivity index is 1.92. The van der Waals surface area contributed by atoms with Gasteiger partial charge in [-0.05, 0) is 43.5 Å². The second kappa shape index (κ2) is 7.04. The van der Waals surface area contributed by atoms with E-state index >= 15 is 0 Å². The topological polar surface area (TPSA) is 29.5 Å². The SMILES string of the molecule is Cc1cc(C(=O)N2CCC(OCCCl)CC2)ccc1F.